The minimum atomic E-state index is -1.56. The smallest absolute Gasteiger partial charge is 0.210 e. The van der Waals surface area contributed by atoms with Crippen LogP contribution in [-0.2, 0) is 4.79 Å². The highest BCUT2D eigenvalue weighted by Crippen LogP contribution is 2.19. The van der Waals surface area contributed by atoms with Crippen LogP contribution in [0.15, 0.2) is 23.6 Å². The fourth-order valence-corrected chi connectivity index (χ4v) is 1.12. The van der Waals surface area contributed by atoms with Crippen molar-refractivity contribution in [1.82, 2.24) is 9.97 Å². The number of ketones is 1. The standard InChI is InChI=1S/C7H7FN2OS/c1-5(11)6(8)12-7-9-3-2-4-10-7/h2-4,6H,1H3. The minimum Gasteiger partial charge on any atom is -0.296 e. The van der Waals surface area contributed by atoms with E-state index in [4.69, 9.17) is 0 Å². The number of halogens is 1. The highest BCUT2D eigenvalue weighted by atomic mass is 32.2. The van der Waals surface area contributed by atoms with Crippen molar-refractivity contribution in [1.29, 1.82) is 0 Å². The van der Waals surface area contributed by atoms with Gasteiger partial charge in [0.1, 0.15) is 0 Å². The lowest BCUT2D eigenvalue weighted by atomic mass is 10.5. The topological polar surface area (TPSA) is 42.9 Å². The molecule has 0 saturated carbocycles. The van der Waals surface area contributed by atoms with Crippen LogP contribution in [0.5, 0.6) is 0 Å². The minimum absolute atomic E-state index is 0.278. The van der Waals surface area contributed by atoms with Crippen LogP contribution in [0.3, 0.4) is 0 Å². The summed E-state index contributed by atoms with van der Waals surface area (Å²) in [6.07, 6.45) is 3.00. The van der Waals surface area contributed by atoms with E-state index in [1.54, 1.807) is 6.07 Å². The van der Waals surface area contributed by atoms with Crippen molar-refractivity contribution in [2.24, 2.45) is 0 Å². The van der Waals surface area contributed by atoms with E-state index in [1.165, 1.54) is 19.3 Å². The first-order valence-electron chi connectivity index (χ1n) is 3.28. The quantitative estimate of drug-likeness (QED) is 0.529. The van der Waals surface area contributed by atoms with Crippen LogP contribution in [-0.4, -0.2) is 21.3 Å². The second kappa shape index (κ2) is 4.15. The van der Waals surface area contributed by atoms with Crippen molar-refractivity contribution in [3.63, 3.8) is 0 Å². The summed E-state index contributed by atoms with van der Waals surface area (Å²) in [7, 11) is 0. The Bertz CT molecular complexity index is 267. The normalized spacial score (nSPS) is 12.5. The molecule has 0 amide bonds. The molecule has 0 aliphatic rings. The first-order valence-corrected chi connectivity index (χ1v) is 4.16. The molecule has 0 aliphatic heterocycles. The molecule has 1 unspecified atom stereocenters. The zero-order valence-electron chi connectivity index (χ0n) is 6.40. The molecule has 0 radical (unpaired) electrons. The molecule has 12 heavy (non-hydrogen) atoms. The lowest BCUT2D eigenvalue weighted by molar-refractivity contribution is -0.118. The largest absolute Gasteiger partial charge is 0.296 e. The van der Waals surface area contributed by atoms with Gasteiger partial charge in [-0.05, 0) is 24.8 Å². The molecule has 1 aromatic heterocycles. The number of alkyl halides is 1. The molecule has 0 aliphatic carbocycles. The number of rotatable bonds is 3. The number of aromatic nitrogens is 2. The molecular weight excluding hydrogens is 179 g/mol. The van der Waals surface area contributed by atoms with E-state index in [0.29, 0.717) is 11.8 Å². The molecule has 1 heterocycles. The van der Waals surface area contributed by atoms with E-state index in [-0.39, 0.29) is 5.16 Å². The number of carbonyl (C=O) groups excluding carboxylic acids is 1. The first-order chi connectivity index (χ1) is 5.70. The molecule has 0 spiro atoms. The third-order valence-corrected chi connectivity index (χ3v) is 2.03. The maximum absolute atomic E-state index is 12.7. The fraction of sp³-hybridized carbons (Fsp3) is 0.286. The molecule has 0 aromatic carbocycles. The summed E-state index contributed by atoms with van der Waals surface area (Å²) < 4.78 is 12.7. The monoisotopic (exact) mass is 186 g/mol. The molecular formula is C7H7FN2OS. The van der Waals surface area contributed by atoms with E-state index in [9.17, 15) is 9.18 Å². The summed E-state index contributed by atoms with van der Waals surface area (Å²) in [5, 5.41) is 0.278. The second-order valence-corrected chi connectivity index (χ2v) is 3.09. The Hall–Kier alpha value is -0.970. The van der Waals surface area contributed by atoms with Crippen LogP contribution in [0.25, 0.3) is 0 Å². The fourth-order valence-electron chi connectivity index (χ4n) is 0.522. The highest BCUT2D eigenvalue weighted by molar-refractivity contribution is 8.00. The van der Waals surface area contributed by atoms with Gasteiger partial charge in [-0.3, -0.25) is 4.79 Å². The Labute approximate surface area is 73.4 Å². The molecule has 0 fully saturated rings. The number of nitrogens with zero attached hydrogens (tertiary/aromatic N) is 2. The summed E-state index contributed by atoms with van der Waals surface area (Å²) in [6.45, 7) is 1.20. The van der Waals surface area contributed by atoms with Crippen molar-refractivity contribution < 1.29 is 9.18 Å². The van der Waals surface area contributed by atoms with Gasteiger partial charge in [-0.25, -0.2) is 14.4 Å². The molecule has 64 valence electrons. The third kappa shape index (κ3) is 2.58. The third-order valence-electron chi connectivity index (χ3n) is 1.07. The molecule has 3 nitrogen and oxygen atoms in total. The number of Topliss-reactive ketones (excluding diaryl/α,β-unsaturated/α-hetero) is 1. The predicted octanol–water partition coefficient (Wildman–Crippen LogP) is 1.45. The summed E-state index contributed by atoms with van der Waals surface area (Å²) in [6, 6.07) is 1.63. The molecule has 1 aromatic rings. The van der Waals surface area contributed by atoms with E-state index >= 15 is 0 Å². The van der Waals surface area contributed by atoms with Crippen molar-refractivity contribution in [3.05, 3.63) is 18.5 Å². The van der Waals surface area contributed by atoms with Crippen LogP contribution in [0.4, 0.5) is 4.39 Å². The van der Waals surface area contributed by atoms with Gasteiger partial charge >= 0.3 is 0 Å². The zero-order chi connectivity index (χ0) is 8.97. The lowest BCUT2D eigenvalue weighted by Crippen LogP contribution is -2.06. The van der Waals surface area contributed by atoms with Gasteiger partial charge in [-0.15, -0.1) is 0 Å². The van der Waals surface area contributed by atoms with Gasteiger partial charge in [0.15, 0.2) is 10.9 Å². The average molecular weight is 186 g/mol. The summed E-state index contributed by atoms with van der Waals surface area (Å²) in [4.78, 5) is 18.0. The van der Waals surface area contributed by atoms with Crippen molar-refractivity contribution in [2.75, 3.05) is 0 Å². The van der Waals surface area contributed by atoms with Crippen LogP contribution in [0.2, 0.25) is 0 Å². The SMILES string of the molecule is CC(=O)C(F)Sc1ncccn1. The van der Waals surface area contributed by atoms with Crippen molar-refractivity contribution in [3.8, 4) is 0 Å². The Kier molecular flexibility index (Phi) is 3.16. The van der Waals surface area contributed by atoms with Crippen LogP contribution < -0.4 is 0 Å². The summed E-state index contributed by atoms with van der Waals surface area (Å²) in [5.74, 6) is -0.521. The van der Waals surface area contributed by atoms with Crippen LogP contribution in [0, 0.1) is 0 Å². The Morgan fingerprint density at radius 1 is 1.58 bits per heavy atom. The summed E-state index contributed by atoms with van der Waals surface area (Å²) >= 11 is 0.713. The first kappa shape index (κ1) is 9.12. The average Bonchev–Trinajstić information content (AvgIpc) is 2.06. The van der Waals surface area contributed by atoms with Crippen LogP contribution in [0.1, 0.15) is 6.92 Å². The van der Waals surface area contributed by atoms with Gasteiger partial charge < -0.3 is 0 Å². The van der Waals surface area contributed by atoms with Gasteiger partial charge in [0, 0.05) is 12.4 Å². The molecule has 5 heteroatoms. The number of hydrogen-bond acceptors (Lipinski definition) is 4. The van der Waals surface area contributed by atoms with E-state index in [0.717, 1.165) is 0 Å². The van der Waals surface area contributed by atoms with Gasteiger partial charge in [-0.1, -0.05) is 0 Å². The molecule has 1 atom stereocenters. The van der Waals surface area contributed by atoms with Crippen molar-refractivity contribution in [2.45, 2.75) is 17.6 Å². The van der Waals surface area contributed by atoms with Gasteiger partial charge in [0.2, 0.25) is 5.50 Å². The zero-order valence-corrected chi connectivity index (χ0v) is 7.21. The van der Waals surface area contributed by atoms with E-state index in [1.807, 2.05) is 0 Å². The Balaban J connectivity index is 2.58. The molecule has 0 saturated heterocycles. The van der Waals surface area contributed by atoms with Crippen LogP contribution >= 0.6 is 11.8 Å². The van der Waals surface area contributed by atoms with Gasteiger partial charge in [-0.2, -0.15) is 0 Å². The maximum atomic E-state index is 12.7. The highest BCUT2D eigenvalue weighted by Gasteiger charge is 2.14. The Morgan fingerprint density at radius 3 is 2.67 bits per heavy atom. The number of carbonyl (C=O) groups is 1. The number of thioether (sulfide) groups is 1. The predicted molar refractivity (Wildman–Crippen MR) is 43.5 cm³/mol. The van der Waals surface area contributed by atoms with Gasteiger partial charge in [0.05, 0.1) is 0 Å². The second-order valence-electron chi connectivity index (χ2n) is 2.08. The molecule has 0 bridgehead atoms. The molecule has 0 N–H and O–H groups in total. The summed E-state index contributed by atoms with van der Waals surface area (Å²) in [5.41, 5.74) is -1.56. The van der Waals surface area contributed by atoms with Gasteiger partial charge in [0.25, 0.3) is 0 Å². The maximum Gasteiger partial charge on any atom is 0.210 e. The molecule has 1 rings (SSSR count). The number of hydrogen-bond donors (Lipinski definition) is 0. The lowest BCUT2D eigenvalue weighted by Gasteiger charge is -2.00. The van der Waals surface area contributed by atoms with E-state index < -0.39 is 11.3 Å². The van der Waals surface area contributed by atoms with E-state index in [2.05, 4.69) is 9.97 Å². The Morgan fingerprint density at radius 2 is 2.17 bits per heavy atom. The van der Waals surface area contributed by atoms with Crippen molar-refractivity contribution >= 4 is 17.5 Å².